The van der Waals surface area contributed by atoms with Crippen LogP contribution in [0.25, 0.3) is 0 Å². The van der Waals surface area contributed by atoms with Crippen molar-refractivity contribution in [2.45, 2.75) is 13.0 Å². The lowest BCUT2D eigenvalue weighted by molar-refractivity contribution is -0.136. The van der Waals surface area contributed by atoms with Crippen molar-refractivity contribution in [1.82, 2.24) is 4.90 Å². The van der Waals surface area contributed by atoms with Gasteiger partial charge in [-0.05, 0) is 25.1 Å². The lowest BCUT2D eigenvalue weighted by Crippen LogP contribution is -2.52. The van der Waals surface area contributed by atoms with Gasteiger partial charge in [-0.15, -0.1) is 0 Å². The molecule has 0 bridgehead atoms. The van der Waals surface area contributed by atoms with Gasteiger partial charge in [-0.25, -0.2) is 8.42 Å². The van der Waals surface area contributed by atoms with Crippen LogP contribution in [0.3, 0.4) is 0 Å². The Hall–Kier alpha value is -1.31. The Morgan fingerprint density at radius 2 is 2.00 bits per heavy atom. The number of nitrogens with zero attached hydrogens (tertiary/aromatic N) is 2. The Labute approximate surface area is 135 Å². The van der Waals surface area contributed by atoms with Crippen LogP contribution in [0.15, 0.2) is 24.3 Å². The molecule has 0 spiro atoms. The predicted molar refractivity (Wildman–Crippen MR) is 85.6 cm³/mol. The number of morpholine rings is 1. The Morgan fingerprint density at radius 1 is 1.36 bits per heavy atom. The van der Waals surface area contributed by atoms with Gasteiger partial charge < -0.3 is 9.64 Å². The summed E-state index contributed by atoms with van der Waals surface area (Å²) in [7, 11) is -3.62. The van der Waals surface area contributed by atoms with Crippen molar-refractivity contribution in [3.8, 4) is 0 Å². The van der Waals surface area contributed by atoms with E-state index in [1.807, 2.05) is 0 Å². The van der Waals surface area contributed by atoms with E-state index in [0.29, 0.717) is 37.0 Å². The third-order valence-electron chi connectivity index (χ3n) is 3.45. The lowest BCUT2D eigenvalue weighted by atomic mass is 10.2. The molecule has 0 aromatic heterocycles. The second kappa shape index (κ2) is 6.85. The van der Waals surface area contributed by atoms with E-state index in [2.05, 4.69) is 0 Å². The van der Waals surface area contributed by atoms with Crippen molar-refractivity contribution in [3.05, 3.63) is 29.3 Å². The average molecular weight is 347 g/mol. The van der Waals surface area contributed by atoms with E-state index in [4.69, 9.17) is 16.3 Å². The second-order valence-electron chi connectivity index (χ2n) is 5.15. The van der Waals surface area contributed by atoms with E-state index < -0.39 is 16.1 Å². The maximum Gasteiger partial charge on any atom is 0.246 e. The summed E-state index contributed by atoms with van der Waals surface area (Å²) in [5.74, 6) is -0.242. The van der Waals surface area contributed by atoms with Crippen molar-refractivity contribution in [2.24, 2.45) is 0 Å². The number of halogens is 1. The normalized spacial score (nSPS) is 17.1. The fraction of sp³-hybridized carbons (Fsp3) is 0.500. The number of amides is 1. The van der Waals surface area contributed by atoms with Gasteiger partial charge >= 0.3 is 0 Å². The van der Waals surface area contributed by atoms with Crippen LogP contribution in [0.4, 0.5) is 5.69 Å². The first-order valence-corrected chi connectivity index (χ1v) is 9.15. The molecule has 2 rings (SSSR count). The van der Waals surface area contributed by atoms with Crippen LogP contribution in [-0.2, 0) is 19.6 Å². The topological polar surface area (TPSA) is 66.9 Å². The van der Waals surface area contributed by atoms with Crippen molar-refractivity contribution in [3.63, 3.8) is 0 Å². The molecular weight excluding hydrogens is 328 g/mol. The highest BCUT2D eigenvalue weighted by molar-refractivity contribution is 7.92. The van der Waals surface area contributed by atoms with Crippen molar-refractivity contribution in [1.29, 1.82) is 0 Å². The number of hydrogen-bond donors (Lipinski definition) is 0. The van der Waals surface area contributed by atoms with Gasteiger partial charge in [0.05, 0.1) is 25.2 Å². The molecule has 122 valence electrons. The summed E-state index contributed by atoms with van der Waals surface area (Å²) in [5.41, 5.74) is 0.379. The molecule has 1 aromatic rings. The number of hydrogen-bond acceptors (Lipinski definition) is 4. The maximum atomic E-state index is 12.6. The average Bonchev–Trinajstić information content (AvgIpc) is 2.46. The molecule has 0 N–H and O–H groups in total. The second-order valence-corrected chi connectivity index (χ2v) is 7.45. The van der Waals surface area contributed by atoms with E-state index in [-0.39, 0.29) is 5.91 Å². The molecule has 1 fully saturated rings. The molecular formula is C14H19ClN2O4S. The molecule has 0 aliphatic carbocycles. The SMILES string of the molecule is C[C@H](C(=O)N1CCOCC1)N(c1cccc(Cl)c1)S(C)(=O)=O. The van der Waals surface area contributed by atoms with Crippen molar-refractivity contribution in [2.75, 3.05) is 36.9 Å². The zero-order chi connectivity index (χ0) is 16.3. The molecule has 1 aromatic carbocycles. The summed E-state index contributed by atoms with van der Waals surface area (Å²) >= 11 is 5.94. The summed E-state index contributed by atoms with van der Waals surface area (Å²) in [6.45, 7) is 3.45. The number of benzene rings is 1. The van der Waals surface area contributed by atoms with Crippen LogP contribution in [-0.4, -0.2) is 57.8 Å². The molecule has 1 atom stereocenters. The van der Waals surface area contributed by atoms with E-state index in [9.17, 15) is 13.2 Å². The van der Waals surface area contributed by atoms with E-state index in [1.165, 1.54) is 6.07 Å². The Balaban J connectivity index is 2.31. The van der Waals surface area contributed by atoms with Crippen molar-refractivity contribution < 1.29 is 17.9 Å². The van der Waals surface area contributed by atoms with Gasteiger partial charge in [0, 0.05) is 18.1 Å². The van der Waals surface area contributed by atoms with Crippen LogP contribution in [0.2, 0.25) is 5.02 Å². The third kappa shape index (κ3) is 3.91. The summed E-state index contributed by atoms with van der Waals surface area (Å²) in [6, 6.07) is 5.62. The van der Waals surface area contributed by atoms with Crippen LogP contribution >= 0.6 is 11.6 Å². The number of sulfonamides is 1. The van der Waals surface area contributed by atoms with E-state index in [1.54, 1.807) is 30.0 Å². The molecule has 22 heavy (non-hydrogen) atoms. The summed E-state index contributed by atoms with van der Waals surface area (Å²) in [6.07, 6.45) is 1.08. The highest BCUT2D eigenvalue weighted by Crippen LogP contribution is 2.25. The number of carbonyl (C=O) groups excluding carboxylic acids is 1. The Morgan fingerprint density at radius 3 is 2.55 bits per heavy atom. The van der Waals surface area contributed by atoms with Crippen LogP contribution in [0.5, 0.6) is 0 Å². The molecule has 8 heteroatoms. The van der Waals surface area contributed by atoms with Gasteiger partial charge in [0.15, 0.2) is 0 Å². The lowest BCUT2D eigenvalue weighted by Gasteiger charge is -2.34. The molecule has 1 heterocycles. The number of rotatable bonds is 4. The maximum absolute atomic E-state index is 12.6. The molecule has 1 aliphatic heterocycles. The van der Waals surface area contributed by atoms with Gasteiger partial charge in [0.2, 0.25) is 15.9 Å². The molecule has 1 saturated heterocycles. The van der Waals surface area contributed by atoms with Gasteiger partial charge in [0.1, 0.15) is 6.04 Å². The minimum atomic E-state index is -3.62. The molecule has 1 amide bonds. The highest BCUT2D eigenvalue weighted by atomic mass is 35.5. The first kappa shape index (κ1) is 17.1. The van der Waals surface area contributed by atoms with Crippen LogP contribution in [0.1, 0.15) is 6.92 Å². The predicted octanol–water partition coefficient (Wildman–Crippen LogP) is 1.35. The fourth-order valence-corrected chi connectivity index (χ4v) is 3.81. The van der Waals surface area contributed by atoms with Gasteiger partial charge in [0.25, 0.3) is 0 Å². The fourth-order valence-electron chi connectivity index (χ4n) is 2.46. The molecule has 0 radical (unpaired) electrons. The molecule has 1 aliphatic rings. The zero-order valence-electron chi connectivity index (χ0n) is 12.5. The monoisotopic (exact) mass is 346 g/mol. The smallest absolute Gasteiger partial charge is 0.246 e. The van der Waals surface area contributed by atoms with Crippen molar-refractivity contribution >= 4 is 33.2 Å². The minimum Gasteiger partial charge on any atom is -0.378 e. The Bertz CT molecular complexity index is 644. The number of ether oxygens (including phenoxy) is 1. The highest BCUT2D eigenvalue weighted by Gasteiger charge is 2.32. The van der Waals surface area contributed by atoms with Gasteiger partial charge in [-0.3, -0.25) is 9.10 Å². The molecule has 0 saturated carbocycles. The largest absolute Gasteiger partial charge is 0.378 e. The number of carbonyl (C=O) groups is 1. The zero-order valence-corrected chi connectivity index (χ0v) is 14.1. The first-order chi connectivity index (χ1) is 10.3. The summed E-state index contributed by atoms with van der Waals surface area (Å²) in [4.78, 5) is 14.2. The van der Waals surface area contributed by atoms with Crippen LogP contribution < -0.4 is 4.31 Å². The van der Waals surface area contributed by atoms with Gasteiger partial charge in [-0.1, -0.05) is 17.7 Å². The van der Waals surface area contributed by atoms with E-state index in [0.717, 1.165) is 10.6 Å². The van der Waals surface area contributed by atoms with E-state index >= 15 is 0 Å². The minimum absolute atomic E-state index is 0.242. The Kier molecular flexibility index (Phi) is 5.31. The first-order valence-electron chi connectivity index (χ1n) is 6.92. The quantitative estimate of drug-likeness (QED) is 0.825. The summed E-state index contributed by atoms with van der Waals surface area (Å²) < 4.78 is 30.6. The van der Waals surface area contributed by atoms with Gasteiger partial charge in [-0.2, -0.15) is 0 Å². The number of anilines is 1. The molecule has 0 unspecified atom stereocenters. The standard InChI is InChI=1S/C14H19ClN2O4S/c1-11(14(18)16-6-8-21-9-7-16)17(22(2,19)20)13-5-3-4-12(15)10-13/h3-5,10-11H,6-9H2,1-2H3/t11-/m1/s1. The summed E-state index contributed by atoms with van der Waals surface area (Å²) in [5, 5.41) is 0.414. The molecule has 6 nitrogen and oxygen atoms in total. The third-order valence-corrected chi connectivity index (χ3v) is 4.93. The van der Waals surface area contributed by atoms with Crippen LogP contribution in [0, 0.1) is 0 Å².